The van der Waals surface area contributed by atoms with Crippen LogP contribution < -0.4 is 0 Å². The molecule has 0 saturated carbocycles. The third kappa shape index (κ3) is 3.44. The van der Waals surface area contributed by atoms with Crippen LogP contribution in [-0.2, 0) is 4.74 Å². The van der Waals surface area contributed by atoms with Gasteiger partial charge in [0.05, 0.1) is 23.6 Å². The Bertz CT molecular complexity index is 797. The molecule has 0 fully saturated rings. The van der Waals surface area contributed by atoms with Crippen molar-refractivity contribution in [3.05, 3.63) is 56.7 Å². The van der Waals surface area contributed by atoms with Gasteiger partial charge in [-0.05, 0) is 44.0 Å². The first kappa shape index (κ1) is 16.8. The van der Waals surface area contributed by atoms with Crippen LogP contribution in [0, 0.1) is 13.8 Å². The number of azide groups is 1. The average molecular weight is 331 g/mol. The number of halogens is 1. The van der Waals surface area contributed by atoms with E-state index in [4.69, 9.17) is 21.9 Å². The Morgan fingerprint density at radius 3 is 2.52 bits per heavy atom. The molecule has 0 unspecified atom stereocenters. The Hall–Kier alpha value is -2.56. The van der Waals surface area contributed by atoms with Crippen molar-refractivity contribution in [2.75, 3.05) is 6.61 Å². The van der Waals surface area contributed by atoms with Gasteiger partial charge in [-0.3, -0.25) is 4.98 Å². The molecule has 0 atom stereocenters. The number of hydrogen-bond acceptors (Lipinski definition) is 4. The summed E-state index contributed by atoms with van der Waals surface area (Å²) in [7, 11) is 0. The van der Waals surface area contributed by atoms with Gasteiger partial charge in [-0.15, -0.1) is 0 Å². The molecule has 0 spiro atoms. The van der Waals surface area contributed by atoms with Gasteiger partial charge in [-0.1, -0.05) is 28.8 Å². The lowest BCUT2D eigenvalue weighted by atomic mass is 9.96. The second-order valence-electron chi connectivity index (χ2n) is 4.80. The number of esters is 1. The van der Waals surface area contributed by atoms with Gasteiger partial charge in [-0.2, -0.15) is 0 Å². The second kappa shape index (κ2) is 7.13. The number of aromatic nitrogens is 1. The smallest absolute Gasteiger partial charge is 0.340 e. The summed E-state index contributed by atoms with van der Waals surface area (Å²) in [5.41, 5.74) is 11.7. The summed E-state index contributed by atoms with van der Waals surface area (Å²) in [5.74, 6) is -0.503. The molecule has 6 nitrogen and oxygen atoms in total. The Labute approximate surface area is 138 Å². The number of ether oxygens (including phenoxy) is 1. The Kier molecular flexibility index (Phi) is 5.21. The van der Waals surface area contributed by atoms with Crippen molar-refractivity contribution in [3.8, 4) is 11.1 Å². The molecule has 1 aromatic heterocycles. The highest BCUT2D eigenvalue weighted by molar-refractivity contribution is 6.30. The molecule has 0 aliphatic heterocycles. The van der Waals surface area contributed by atoms with E-state index in [-0.39, 0.29) is 6.61 Å². The average Bonchev–Trinajstić information content (AvgIpc) is 2.50. The summed E-state index contributed by atoms with van der Waals surface area (Å²) in [5, 5.41) is 4.30. The van der Waals surface area contributed by atoms with Crippen LogP contribution in [0.5, 0.6) is 0 Å². The molecular formula is C16H15ClN4O2. The van der Waals surface area contributed by atoms with Gasteiger partial charge < -0.3 is 4.74 Å². The van der Waals surface area contributed by atoms with E-state index in [1.807, 2.05) is 0 Å². The summed E-state index contributed by atoms with van der Waals surface area (Å²) in [6.07, 6.45) is 0. The molecule has 0 bridgehead atoms. The maximum absolute atomic E-state index is 12.4. The zero-order valence-electron chi connectivity index (χ0n) is 13.0. The zero-order valence-corrected chi connectivity index (χ0v) is 13.8. The molecule has 0 N–H and O–H groups in total. The van der Waals surface area contributed by atoms with Gasteiger partial charge >= 0.3 is 5.97 Å². The molecule has 1 heterocycles. The van der Waals surface area contributed by atoms with Gasteiger partial charge in [0.25, 0.3) is 0 Å². The number of carbonyl (C=O) groups excluding carboxylic acids is 1. The summed E-state index contributed by atoms with van der Waals surface area (Å²) < 4.78 is 5.13. The summed E-state index contributed by atoms with van der Waals surface area (Å²) in [4.78, 5) is 19.5. The molecule has 0 aliphatic rings. The van der Waals surface area contributed by atoms with Crippen LogP contribution in [0.25, 0.3) is 21.6 Å². The van der Waals surface area contributed by atoms with Crippen LogP contribution in [0.3, 0.4) is 0 Å². The van der Waals surface area contributed by atoms with Gasteiger partial charge in [0, 0.05) is 21.2 Å². The molecule has 7 heteroatoms. The zero-order chi connectivity index (χ0) is 17.0. The van der Waals surface area contributed by atoms with E-state index in [2.05, 4.69) is 15.0 Å². The van der Waals surface area contributed by atoms with Crippen molar-refractivity contribution in [3.63, 3.8) is 0 Å². The highest BCUT2D eigenvalue weighted by Crippen LogP contribution is 2.38. The van der Waals surface area contributed by atoms with Crippen LogP contribution in [0.1, 0.15) is 28.7 Å². The SMILES string of the molecule is CCOC(=O)c1c(C)nc(C)c(N=[N+]=[N-])c1-c1ccc(Cl)cc1. The predicted molar refractivity (Wildman–Crippen MR) is 88.9 cm³/mol. The Balaban J connectivity index is 2.84. The number of benzene rings is 1. The van der Waals surface area contributed by atoms with E-state index >= 15 is 0 Å². The number of carbonyl (C=O) groups is 1. The molecule has 0 saturated heterocycles. The largest absolute Gasteiger partial charge is 0.462 e. The number of rotatable bonds is 4. The van der Waals surface area contributed by atoms with Gasteiger partial charge in [0.2, 0.25) is 0 Å². The first-order valence-corrected chi connectivity index (χ1v) is 7.36. The van der Waals surface area contributed by atoms with Crippen molar-refractivity contribution < 1.29 is 9.53 Å². The van der Waals surface area contributed by atoms with Crippen molar-refractivity contribution in [1.29, 1.82) is 0 Å². The first-order valence-electron chi connectivity index (χ1n) is 6.99. The molecule has 2 aromatic rings. The van der Waals surface area contributed by atoms with Crippen molar-refractivity contribution in [2.24, 2.45) is 5.11 Å². The number of aryl methyl sites for hydroxylation is 2. The lowest BCUT2D eigenvalue weighted by Crippen LogP contribution is -2.11. The maximum Gasteiger partial charge on any atom is 0.340 e. The van der Waals surface area contributed by atoms with Crippen molar-refractivity contribution >= 4 is 23.3 Å². The lowest BCUT2D eigenvalue weighted by Gasteiger charge is -2.16. The van der Waals surface area contributed by atoms with Crippen LogP contribution >= 0.6 is 11.6 Å². The normalized spacial score (nSPS) is 10.1. The highest BCUT2D eigenvalue weighted by atomic mass is 35.5. The van der Waals surface area contributed by atoms with Gasteiger partial charge in [0.1, 0.15) is 0 Å². The van der Waals surface area contributed by atoms with Gasteiger partial charge in [0.15, 0.2) is 0 Å². The fourth-order valence-electron chi connectivity index (χ4n) is 2.36. The molecule has 0 amide bonds. The lowest BCUT2D eigenvalue weighted by molar-refractivity contribution is 0.0526. The van der Waals surface area contributed by atoms with E-state index in [1.165, 1.54) is 0 Å². The quantitative estimate of drug-likeness (QED) is 0.336. The predicted octanol–water partition coefficient (Wildman–Crippen LogP) is 5.14. The van der Waals surface area contributed by atoms with Crippen LogP contribution in [0.2, 0.25) is 5.02 Å². The third-order valence-electron chi connectivity index (χ3n) is 3.28. The standard InChI is InChI=1S/C16H15ClN4O2/c1-4-23-16(22)13-9(2)19-10(3)15(20-21-18)14(13)11-5-7-12(17)8-6-11/h5-8H,4H2,1-3H3. The monoisotopic (exact) mass is 330 g/mol. The summed E-state index contributed by atoms with van der Waals surface area (Å²) in [6.45, 7) is 5.41. The number of nitrogens with zero attached hydrogens (tertiary/aromatic N) is 4. The molecule has 1 aromatic carbocycles. The van der Waals surface area contributed by atoms with E-state index < -0.39 is 5.97 Å². The fourth-order valence-corrected chi connectivity index (χ4v) is 2.48. The second-order valence-corrected chi connectivity index (χ2v) is 5.23. The summed E-state index contributed by atoms with van der Waals surface area (Å²) in [6, 6.07) is 6.93. The topological polar surface area (TPSA) is 88.0 Å². The molecule has 118 valence electrons. The van der Waals surface area contributed by atoms with Crippen molar-refractivity contribution in [2.45, 2.75) is 20.8 Å². The van der Waals surface area contributed by atoms with E-state index in [0.29, 0.717) is 38.8 Å². The number of hydrogen-bond donors (Lipinski definition) is 0. The molecule has 2 rings (SSSR count). The van der Waals surface area contributed by atoms with Crippen molar-refractivity contribution in [1.82, 2.24) is 4.98 Å². The highest BCUT2D eigenvalue weighted by Gasteiger charge is 2.22. The molecular weight excluding hydrogens is 316 g/mol. The van der Waals surface area contributed by atoms with Crippen LogP contribution in [0.4, 0.5) is 5.69 Å². The Morgan fingerprint density at radius 1 is 1.30 bits per heavy atom. The minimum Gasteiger partial charge on any atom is -0.462 e. The third-order valence-corrected chi connectivity index (χ3v) is 3.54. The van der Waals surface area contributed by atoms with E-state index in [1.54, 1.807) is 45.0 Å². The number of pyridine rings is 1. The minimum atomic E-state index is -0.503. The van der Waals surface area contributed by atoms with E-state index in [9.17, 15) is 4.79 Å². The Morgan fingerprint density at radius 2 is 1.96 bits per heavy atom. The molecule has 0 aliphatic carbocycles. The minimum absolute atomic E-state index is 0.239. The van der Waals surface area contributed by atoms with Crippen LogP contribution in [-0.4, -0.2) is 17.6 Å². The fraction of sp³-hybridized carbons (Fsp3) is 0.250. The van der Waals surface area contributed by atoms with E-state index in [0.717, 1.165) is 0 Å². The summed E-state index contributed by atoms with van der Waals surface area (Å²) >= 11 is 5.93. The van der Waals surface area contributed by atoms with Gasteiger partial charge in [-0.25, -0.2) is 4.79 Å². The molecule has 23 heavy (non-hydrogen) atoms. The first-order chi connectivity index (χ1) is 11.0. The molecule has 0 radical (unpaired) electrons. The maximum atomic E-state index is 12.4. The van der Waals surface area contributed by atoms with Crippen LogP contribution in [0.15, 0.2) is 29.4 Å².